The van der Waals surface area contributed by atoms with Gasteiger partial charge >= 0.3 is 0 Å². The van der Waals surface area contributed by atoms with Gasteiger partial charge in [0.15, 0.2) is 0 Å². The summed E-state index contributed by atoms with van der Waals surface area (Å²) in [5.74, 6) is -0.173. The van der Waals surface area contributed by atoms with Crippen LogP contribution >= 0.6 is 0 Å². The first-order valence-electron chi connectivity index (χ1n) is 8.45. The normalized spacial score (nSPS) is 15.3. The third kappa shape index (κ3) is 4.22. The highest BCUT2D eigenvalue weighted by Crippen LogP contribution is 2.40. The van der Waals surface area contributed by atoms with Gasteiger partial charge in [-0.3, -0.25) is 0 Å². The number of nitrogens with zero attached hydrogens (tertiary/aromatic N) is 2. The van der Waals surface area contributed by atoms with Crippen molar-refractivity contribution in [2.75, 3.05) is 17.2 Å². The second kappa shape index (κ2) is 7.31. The standard InChI is InChI=1S/C18H22F2N4O/c1-10(2)15(9-25)22-18-21-14(11-6-7-11)8-16(24-18)23-17-12(19)4-3-5-13(17)20/h3-5,8,10-11,15,25H,6-7,9H2,1-2H3,(H2,21,22,23,24)/t15-/m1/s1. The van der Waals surface area contributed by atoms with Crippen LogP contribution in [0.4, 0.5) is 26.2 Å². The molecule has 0 aliphatic heterocycles. The quantitative estimate of drug-likeness (QED) is 0.710. The summed E-state index contributed by atoms with van der Waals surface area (Å²) in [6, 6.07) is 5.21. The van der Waals surface area contributed by atoms with Gasteiger partial charge in [-0.15, -0.1) is 0 Å². The first-order valence-corrected chi connectivity index (χ1v) is 8.45. The molecule has 1 aromatic heterocycles. The average molecular weight is 348 g/mol. The molecule has 3 rings (SSSR count). The van der Waals surface area contributed by atoms with Crippen LogP contribution in [-0.4, -0.2) is 27.7 Å². The first-order chi connectivity index (χ1) is 12.0. The fourth-order valence-corrected chi connectivity index (χ4v) is 2.52. The Labute approximate surface area is 145 Å². The van der Waals surface area contributed by atoms with E-state index in [4.69, 9.17) is 0 Å². The monoisotopic (exact) mass is 348 g/mol. The van der Waals surface area contributed by atoms with Crippen LogP contribution in [0.15, 0.2) is 24.3 Å². The van der Waals surface area contributed by atoms with Crippen molar-refractivity contribution in [1.29, 1.82) is 0 Å². The number of anilines is 3. The van der Waals surface area contributed by atoms with E-state index in [0.717, 1.165) is 18.5 Å². The van der Waals surface area contributed by atoms with E-state index in [1.807, 2.05) is 13.8 Å². The van der Waals surface area contributed by atoms with Crippen molar-refractivity contribution in [1.82, 2.24) is 9.97 Å². The third-order valence-electron chi connectivity index (χ3n) is 4.27. The van der Waals surface area contributed by atoms with Crippen molar-refractivity contribution >= 4 is 17.5 Å². The second-order valence-corrected chi connectivity index (χ2v) is 6.68. The molecule has 3 N–H and O–H groups in total. The van der Waals surface area contributed by atoms with Crippen molar-refractivity contribution in [3.8, 4) is 0 Å². The van der Waals surface area contributed by atoms with Crippen LogP contribution in [0.5, 0.6) is 0 Å². The van der Waals surface area contributed by atoms with E-state index < -0.39 is 11.6 Å². The minimum Gasteiger partial charge on any atom is -0.394 e. The van der Waals surface area contributed by atoms with Crippen molar-refractivity contribution in [2.24, 2.45) is 5.92 Å². The van der Waals surface area contributed by atoms with Crippen molar-refractivity contribution < 1.29 is 13.9 Å². The van der Waals surface area contributed by atoms with Crippen LogP contribution in [0, 0.1) is 17.6 Å². The zero-order valence-corrected chi connectivity index (χ0v) is 14.3. The number of hydrogen-bond donors (Lipinski definition) is 3. The molecule has 0 radical (unpaired) electrons. The van der Waals surface area contributed by atoms with Crippen molar-refractivity contribution in [3.05, 3.63) is 41.6 Å². The molecular weight excluding hydrogens is 326 g/mol. The molecule has 1 aliphatic rings. The Balaban J connectivity index is 1.90. The largest absolute Gasteiger partial charge is 0.394 e. The van der Waals surface area contributed by atoms with Gasteiger partial charge < -0.3 is 15.7 Å². The molecule has 0 spiro atoms. The molecule has 7 heteroatoms. The van der Waals surface area contributed by atoms with Gasteiger partial charge in [0.25, 0.3) is 0 Å². The highest BCUT2D eigenvalue weighted by molar-refractivity contribution is 5.59. The fourth-order valence-electron chi connectivity index (χ4n) is 2.52. The third-order valence-corrected chi connectivity index (χ3v) is 4.27. The molecule has 1 aliphatic carbocycles. The van der Waals surface area contributed by atoms with E-state index in [-0.39, 0.29) is 24.3 Å². The van der Waals surface area contributed by atoms with Gasteiger partial charge in [-0.25, -0.2) is 13.8 Å². The molecule has 1 atom stereocenters. The number of aliphatic hydroxyl groups is 1. The smallest absolute Gasteiger partial charge is 0.225 e. The Bertz CT molecular complexity index is 730. The molecule has 1 aromatic carbocycles. The number of rotatable bonds is 7. The lowest BCUT2D eigenvalue weighted by Crippen LogP contribution is -2.30. The molecule has 134 valence electrons. The van der Waals surface area contributed by atoms with Gasteiger partial charge in [0.2, 0.25) is 5.95 Å². The van der Waals surface area contributed by atoms with Gasteiger partial charge in [0, 0.05) is 12.0 Å². The maximum atomic E-state index is 13.9. The Hall–Kier alpha value is -2.28. The SMILES string of the molecule is CC(C)[C@@H](CO)Nc1nc(Nc2c(F)cccc2F)cc(C2CC2)n1. The van der Waals surface area contributed by atoms with Crippen LogP contribution < -0.4 is 10.6 Å². The van der Waals surface area contributed by atoms with Crippen molar-refractivity contribution in [3.63, 3.8) is 0 Å². The van der Waals surface area contributed by atoms with Crippen molar-refractivity contribution in [2.45, 2.75) is 38.6 Å². The van der Waals surface area contributed by atoms with E-state index in [1.165, 1.54) is 18.2 Å². The zero-order chi connectivity index (χ0) is 18.0. The number of hydrogen-bond acceptors (Lipinski definition) is 5. The van der Waals surface area contributed by atoms with Crippen LogP contribution in [0.1, 0.15) is 38.3 Å². The summed E-state index contributed by atoms with van der Waals surface area (Å²) >= 11 is 0. The molecule has 0 bridgehead atoms. The highest BCUT2D eigenvalue weighted by Gasteiger charge is 2.27. The number of halogens is 2. The second-order valence-electron chi connectivity index (χ2n) is 6.68. The number of aliphatic hydroxyl groups excluding tert-OH is 1. The number of nitrogens with one attached hydrogen (secondary N) is 2. The first kappa shape index (κ1) is 17.5. The zero-order valence-electron chi connectivity index (χ0n) is 14.3. The Kier molecular flexibility index (Phi) is 5.13. The predicted molar refractivity (Wildman–Crippen MR) is 93.0 cm³/mol. The molecule has 2 aromatic rings. The van der Waals surface area contributed by atoms with Gasteiger partial charge in [0.1, 0.15) is 23.1 Å². The summed E-state index contributed by atoms with van der Waals surface area (Å²) in [6.07, 6.45) is 2.08. The minimum atomic E-state index is -0.684. The number of benzene rings is 1. The van der Waals surface area contributed by atoms with E-state index in [2.05, 4.69) is 20.6 Å². The highest BCUT2D eigenvalue weighted by atomic mass is 19.1. The van der Waals surface area contributed by atoms with Crippen LogP contribution in [-0.2, 0) is 0 Å². The fraction of sp³-hybridized carbons (Fsp3) is 0.444. The van der Waals surface area contributed by atoms with Crippen LogP contribution in [0.3, 0.4) is 0 Å². The lowest BCUT2D eigenvalue weighted by molar-refractivity contribution is 0.248. The van der Waals surface area contributed by atoms with Gasteiger partial charge in [0.05, 0.1) is 18.3 Å². The minimum absolute atomic E-state index is 0.0562. The van der Waals surface area contributed by atoms with Crippen LogP contribution in [0.2, 0.25) is 0 Å². The molecule has 1 heterocycles. The number of para-hydroxylation sites is 1. The Morgan fingerprint density at radius 2 is 1.88 bits per heavy atom. The average Bonchev–Trinajstić information content (AvgIpc) is 3.41. The Morgan fingerprint density at radius 1 is 1.20 bits per heavy atom. The molecular formula is C18H22F2N4O. The van der Waals surface area contributed by atoms with Gasteiger partial charge in [-0.05, 0) is 30.9 Å². The van der Waals surface area contributed by atoms with E-state index in [9.17, 15) is 13.9 Å². The molecule has 1 fully saturated rings. The molecule has 1 saturated carbocycles. The van der Waals surface area contributed by atoms with Gasteiger partial charge in [-0.1, -0.05) is 19.9 Å². The number of aromatic nitrogens is 2. The lowest BCUT2D eigenvalue weighted by Gasteiger charge is -2.20. The summed E-state index contributed by atoms with van der Waals surface area (Å²) in [6.45, 7) is 3.90. The molecule has 0 amide bonds. The molecule has 0 saturated heterocycles. The van der Waals surface area contributed by atoms with E-state index in [0.29, 0.717) is 17.7 Å². The summed E-state index contributed by atoms with van der Waals surface area (Å²) in [4.78, 5) is 8.80. The topological polar surface area (TPSA) is 70.1 Å². The van der Waals surface area contributed by atoms with Crippen LogP contribution in [0.25, 0.3) is 0 Å². The van der Waals surface area contributed by atoms with E-state index >= 15 is 0 Å². The maximum absolute atomic E-state index is 13.9. The summed E-state index contributed by atoms with van der Waals surface area (Å²) in [5, 5.41) is 15.3. The predicted octanol–water partition coefficient (Wildman–Crippen LogP) is 3.80. The summed E-state index contributed by atoms with van der Waals surface area (Å²) < 4.78 is 27.8. The molecule has 5 nitrogen and oxygen atoms in total. The molecule has 25 heavy (non-hydrogen) atoms. The van der Waals surface area contributed by atoms with Gasteiger partial charge in [-0.2, -0.15) is 4.98 Å². The lowest BCUT2D eigenvalue weighted by atomic mass is 10.1. The Morgan fingerprint density at radius 3 is 2.44 bits per heavy atom. The maximum Gasteiger partial charge on any atom is 0.225 e. The summed E-state index contributed by atoms with van der Waals surface area (Å²) in [5.41, 5.74) is 0.591. The van der Waals surface area contributed by atoms with E-state index in [1.54, 1.807) is 6.07 Å². The summed E-state index contributed by atoms with van der Waals surface area (Å²) in [7, 11) is 0. The molecule has 0 unspecified atom stereocenters.